The average molecular weight is 504 g/mol. The van der Waals surface area contributed by atoms with E-state index in [0.29, 0.717) is 71.6 Å². The van der Waals surface area contributed by atoms with Gasteiger partial charge in [-0.25, -0.2) is 13.6 Å². The molecule has 202 valence electrons. The molecule has 1 unspecified atom stereocenters. The van der Waals surface area contributed by atoms with Gasteiger partial charge >= 0.3 is 11.9 Å². The van der Waals surface area contributed by atoms with Gasteiger partial charge in [0.1, 0.15) is 5.60 Å². The Balaban J connectivity index is 1.82. The first kappa shape index (κ1) is 28.2. The van der Waals surface area contributed by atoms with Crippen molar-refractivity contribution in [1.29, 1.82) is 0 Å². The highest BCUT2D eigenvalue weighted by atomic mass is 19.3. The van der Waals surface area contributed by atoms with Gasteiger partial charge in [-0.1, -0.05) is 0 Å². The van der Waals surface area contributed by atoms with E-state index < -0.39 is 23.8 Å². The first-order valence-corrected chi connectivity index (χ1v) is 13.1. The second-order valence-electron chi connectivity index (χ2n) is 10.8. The number of hydrogen-bond donors (Lipinski definition) is 0. The zero-order valence-electron chi connectivity index (χ0n) is 21.8. The molecule has 0 spiro atoms. The van der Waals surface area contributed by atoms with Gasteiger partial charge < -0.3 is 14.2 Å². The molecule has 0 aromatic heterocycles. The van der Waals surface area contributed by atoms with Crippen molar-refractivity contribution < 1.29 is 32.6 Å². The number of halogens is 2. The lowest BCUT2D eigenvalue weighted by molar-refractivity contribution is -0.281. The van der Waals surface area contributed by atoms with E-state index in [-0.39, 0.29) is 24.5 Å². The molecule has 2 aliphatic heterocycles. The molecule has 3 rings (SSSR count). The van der Waals surface area contributed by atoms with Crippen LogP contribution < -0.4 is 0 Å². The Hall–Kier alpha value is -1.36. The molecule has 0 bridgehead atoms. The molecule has 3 aliphatic rings. The smallest absolute Gasteiger partial charge is 0.371 e. The summed E-state index contributed by atoms with van der Waals surface area (Å²) < 4.78 is 43.8. The van der Waals surface area contributed by atoms with E-state index in [1.165, 1.54) is 0 Å². The predicted octanol–water partition coefficient (Wildman–Crippen LogP) is 3.10. The van der Waals surface area contributed by atoms with Gasteiger partial charge in [0.05, 0.1) is 25.2 Å². The minimum absolute atomic E-state index is 0.143. The fourth-order valence-electron chi connectivity index (χ4n) is 5.36. The van der Waals surface area contributed by atoms with E-state index >= 15 is 0 Å². The largest absolute Gasteiger partial charge is 0.466 e. The predicted molar refractivity (Wildman–Crippen MR) is 127 cm³/mol. The lowest BCUT2D eigenvalue weighted by Gasteiger charge is -2.51. The van der Waals surface area contributed by atoms with Crippen molar-refractivity contribution in [2.45, 2.75) is 90.2 Å². The third kappa shape index (κ3) is 7.33. The number of ether oxygens (including phenoxy) is 3. The van der Waals surface area contributed by atoms with Crippen LogP contribution in [0.3, 0.4) is 0 Å². The normalized spacial score (nSPS) is 27.1. The van der Waals surface area contributed by atoms with E-state index in [4.69, 9.17) is 14.2 Å². The summed E-state index contributed by atoms with van der Waals surface area (Å²) in [5, 5.41) is 0. The molecule has 0 radical (unpaired) electrons. The van der Waals surface area contributed by atoms with Gasteiger partial charge in [0, 0.05) is 39.3 Å². The van der Waals surface area contributed by atoms with Crippen LogP contribution in [-0.4, -0.2) is 103 Å². The van der Waals surface area contributed by atoms with E-state index in [2.05, 4.69) is 4.90 Å². The van der Waals surface area contributed by atoms with Gasteiger partial charge in [-0.15, -0.1) is 0 Å². The van der Waals surface area contributed by atoms with E-state index in [1.807, 2.05) is 25.7 Å². The first-order valence-electron chi connectivity index (χ1n) is 13.1. The molecule has 8 nitrogen and oxygen atoms in total. The van der Waals surface area contributed by atoms with Crippen LogP contribution >= 0.6 is 0 Å². The molecule has 1 aliphatic carbocycles. The number of hydrogen-bond acceptors (Lipinski definition) is 8. The minimum atomic E-state index is -2.39. The van der Waals surface area contributed by atoms with Crippen molar-refractivity contribution in [3.63, 3.8) is 0 Å². The fourth-order valence-corrected chi connectivity index (χ4v) is 5.36. The summed E-state index contributed by atoms with van der Waals surface area (Å²) in [4.78, 5) is 31.9. The molecule has 0 amide bonds. The maximum absolute atomic E-state index is 13.9. The first-order chi connectivity index (χ1) is 16.5. The maximum atomic E-state index is 13.9. The van der Waals surface area contributed by atoms with Gasteiger partial charge in [0.25, 0.3) is 12.3 Å². The average Bonchev–Trinajstić information content (AvgIpc) is 3.32. The van der Waals surface area contributed by atoms with Crippen LogP contribution in [0.4, 0.5) is 8.78 Å². The highest BCUT2D eigenvalue weighted by molar-refractivity contribution is 5.79. The molecule has 35 heavy (non-hydrogen) atoms. The summed E-state index contributed by atoms with van der Waals surface area (Å²) in [6, 6.07) is 0. The Kier molecular flexibility index (Phi) is 9.88. The van der Waals surface area contributed by atoms with Gasteiger partial charge in [-0.3, -0.25) is 19.5 Å². The summed E-state index contributed by atoms with van der Waals surface area (Å²) in [5.74, 6) is -2.15. The van der Waals surface area contributed by atoms with Gasteiger partial charge in [-0.05, 0) is 66.2 Å². The van der Waals surface area contributed by atoms with Crippen LogP contribution in [0.25, 0.3) is 0 Å². The lowest BCUT2D eigenvalue weighted by Crippen LogP contribution is -2.71. The summed E-state index contributed by atoms with van der Waals surface area (Å²) in [6.45, 7) is 10.5. The quantitative estimate of drug-likeness (QED) is 0.445. The molecule has 0 aromatic rings. The SMILES string of the molecule is CCOC(=O)[C@H]1CC[C@H](OC(C(=O)OC(C)(C)C)(N2CCCC2)N2CCN(CC(F)F)CC2)CC1. The molecular formula is C25H43F2N3O5. The number of alkyl halides is 2. The zero-order chi connectivity index (χ0) is 25.6. The molecule has 0 aromatic carbocycles. The molecular weight excluding hydrogens is 460 g/mol. The molecule has 3 fully saturated rings. The Morgan fingerprint density at radius 1 is 0.914 bits per heavy atom. The van der Waals surface area contributed by atoms with Crippen LogP contribution in [-0.2, 0) is 23.8 Å². The van der Waals surface area contributed by atoms with Gasteiger partial charge in [0.15, 0.2) is 0 Å². The second-order valence-corrected chi connectivity index (χ2v) is 10.8. The molecule has 2 heterocycles. The monoisotopic (exact) mass is 503 g/mol. The standard InChI is InChI=1S/C25H43F2N3O5/c1-5-33-22(31)19-8-10-20(11-9-19)34-25(29-12-6-7-13-29,23(32)35-24(2,3)4)30-16-14-28(15-17-30)18-21(26)27/h19-21H,5-18H2,1-4H3/t19-,20-,25?. The van der Waals surface area contributed by atoms with Crippen molar-refractivity contribution in [2.75, 3.05) is 52.4 Å². The summed E-state index contributed by atoms with van der Waals surface area (Å²) in [7, 11) is 0. The lowest BCUT2D eigenvalue weighted by atomic mass is 9.87. The number of carbonyl (C=O) groups excluding carboxylic acids is 2. The highest BCUT2D eigenvalue weighted by Gasteiger charge is 2.55. The van der Waals surface area contributed by atoms with Gasteiger partial charge in [-0.2, -0.15) is 0 Å². The topological polar surface area (TPSA) is 71.5 Å². The Labute approximate surface area is 208 Å². The van der Waals surface area contributed by atoms with Crippen molar-refractivity contribution in [1.82, 2.24) is 14.7 Å². The Morgan fingerprint density at radius 3 is 2.00 bits per heavy atom. The summed E-state index contributed by atoms with van der Waals surface area (Å²) >= 11 is 0. The Morgan fingerprint density at radius 2 is 1.49 bits per heavy atom. The Bertz CT molecular complexity index is 698. The van der Waals surface area contributed by atoms with Crippen LogP contribution in [0.15, 0.2) is 0 Å². The van der Waals surface area contributed by atoms with Crippen LogP contribution in [0.1, 0.15) is 66.2 Å². The third-order valence-corrected chi connectivity index (χ3v) is 7.02. The van der Waals surface area contributed by atoms with E-state index in [0.717, 1.165) is 12.8 Å². The van der Waals surface area contributed by atoms with Gasteiger partial charge in [0.2, 0.25) is 0 Å². The minimum Gasteiger partial charge on any atom is -0.466 e. The number of esters is 2. The number of carbonyl (C=O) groups is 2. The maximum Gasteiger partial charge on any atom is 0.371 e. The molecule has 10 heteroatoms. The summed E-state index contributed by atoms with van der Waals surface area (Å²) in [5.41, 5.74) is -0.704. The van der Waals surface area contributed by atoms with E-state index in [1.54, 1.807) is 11.8 Å². The molecule has 0 N–H and O–H groups in total. The summed E-state index contributed by atoms with van der Waals surface area (Å²) in [6.07, 6.45) is 1.89. The van der Waals surface area contributed by atoms with Crippen molar-refractivity contribution in [3.8, 4) is 0 Å². The van der Waals surface area contributed by atoms with Crippen LogP contribution in [0, 0.1) is 5.92 Å². The van der Waals surface area contributed by atoms with Crippen molar-refractivity contribution >= 4 is 11.9 Å². The third-order valence-electron chi connectivity index (χ3n) is 7.02. The van der Waals surface area contributed by atoms with E-state index in [9.17, 15) is 18.4 Å². The highest BCUT2D eigenvalue weighted by Crippen LogP contribution is 2.36. The molecule has 1 saturated carbocycles. The van der Waals surface area contributed by atoms with Crippen LogP contribution in [0.5, 0.6) is 0 Å². The number of rotatable bonds is 9. The molecule has 1 atom stereocenters. The number of nitrogens with zero attached hydrogens (tertiary/aromatic N) is 3. The zero-order valence-corrected chi connectivity index (χ0v) is 21.8. The number of likely N-dealkylation sites (tertiary alicyclic amines) is 1. The second kappa shape index (κ2) is 12.3. The fraction of sp³-hybridized carbons (Fsp3) is 0.920. The number of piperazine rings is 1. The van der Waals surface area contributed by atoms with Crippen molar-refractivity contribution in [2.24, 2.45) is 5.92 Å². The van der Waals surface area contributed by atoms with Crippen LogP contribution in [0.2, 0.25) is 0 Å². The molecule has 2 saturated heterocycles. The van der Waals surface area contributed by atoms with Crippen molar-refractivity contribution in [3.05, 3.63) is 0 Å².